The molecule has 0 aliphatic rings. The van der Waals surface area contributed by atoms with Crippen LogP contribution >= 0.6 is 11.6 Å². The highest BCUT2D eigenvalue weighted by molar-refractivity contribution is 6.29. The van der Waals surface area contributed by atoms with Crippen molar-refractivity contribution in [2.45, 2.75) is 19.8 Å². The lowest BCUT2D eigenvalue weighted by molar-refractivity contribution is 0.899. The number of aromatic nitrogens is 2. The van der Waals surface area contributed by atoms with Gasteiger partial charge in [0.1, 0.15) is 5.82 Å². The molecule has 0 bridgehead atoms. The van der Waals surface area contributed by atoms with E-state index in [9.17, 15) is 0 Å². The Morgan fingerprint density at radius 3 is 2.91 bits per heavy atom. The number of anilines is 1. The first-order valence-corrected chi connectivity index (χ1v) is 3.89. The van der Waals surface area contributed by atoms with Crippen molar-refractivity contribution in [1.82, 2.24) is 10.2 Å². The molecule has 0 aliphatic carbocycles. The van der Waals surface area contributed by atoms with Crippen molar-refractivity contribution < 1.29 is 0 Å². The number of aryl methyl sites for hydroxylation is 1. The van der Waals surface area contributed by atoms with E-state index < -0.39 is 0 Å². The van der Waals surface area contributed by atoms with Gasteiger partial charge in [0.05, 0.1) is 0 Å². The van der Waals surface area contributed by atoms with Crippen LogP contribution in [0.1, 0.15) is 18.9 Å². The summed E-state index contributed by atoms with van der Waals surface area (Å²) in [6, 6.07) is 1.76. The van der Waals surface area contributed by atoms with Gasteiger partial charge in [0.25, 0.3) is 0 Å². The molecule has 0 saturated heterocycles. The molecule has 0 unspecified atom stereocenters. The van der Waals surface area contributed by atoms with Gasteiger partial charge in [0.15, 0.2) is 5.15 Å². The van der Waals surface area contributed by atoms with Crippen molar-refractivity contribution >= 4 is 17.4 Å². The van der Waals surface area contributed by atoms with Crippen molar-refractivity contribution in [3.8, 4) is 0 Å². The second-order valence-corrected chi connectivity index (χ2v) is 2.71. The van der Waals surface area contributed by atoms with Gasteiger partial charge in [0.2, 0.25) is 0 Å². The molecule has 60 valence electrons. The van der Waals surface area contributed by atoms with Crippen LogP contribution in [0.2, 0.25) is 5.15 Å². The van der Waals surface area contributed by atoms with Crippen molar-refractivity contribution in [1.29, 1.82) is 0 Å². The zero-order chi connectivity index (χ0) is 8.27. The maximum absolute atomic E-state index is 5.62. The topological polar surface area (TPSA) is 51.8 Å². The summed E-state index contributed by atoms with van der Waals surface area (Å²) in [5, 5.41) is 7.71. The Morgan fingerprint density at radius 2 is 2.27 bits per heavy atom. The summed E-state index contributed by atoms with van der Waals surface area (Å²) in [4.78, 5) is 0. The molecule has 3 nitrogen and oxygen atoms in total. The molecule has 1 rings (SSSR count). The Bertz CT molecular complexity index is 249. The van der Waals surface area contributed by atoms with Crippen molar-refractivity contribution in [2.75, 3.05) is 5.73 Å². The summed E-state index contributed by atoms with van der Waals surface area (Å²) < 4.78 is 0. The highest BCUT2D eigenvalue weighted by Crippen LogP contribution is 2.13. The number of nitrogens with zero attached hydrogens (tertiary/aromatic N) is 2. The van der Waals surface area contributed by atoms with Crippen LogP contribution in [0.15, 0.2) is 6.07 Å². The van der Waals surface area contributed by atoms with E-state index in [-0.39, 0.29) is 0 Å². The van der Waals surface area contributed by atoms with E-state index in [4.69, 9.17) is 17.3 Å². The van der Waals surface area contributed by atoms with E-state index in [1.54, 1.807) is 6.07 Å². The standard InChI is InChI=1S/C7H10ClN3/c1-2-3-5-4-6(8)10-11-7(5)9/h4H,2-3H2,1H3,(H2,9,11). The first-order valence-electron chi connectivity index (χ1n) is 3.51. The molecule has 1 aromatic heterocycles. The van der Waals surface area contributed by atoms with Gasteiger partial charge in [-0.1, -0.05) is 24.9 Å². The van der Waals surface area contributed by atoms with E-state index in [0.29, 0.717) is 11.0 Å². The molecule has 2 N–H and O–H groups in total. The summed E-state index contributed by atoms with van der Waals surface area (Å²) in [7, 11) is 0. The van der Waals surface area contributed by atoms with Crippen LogP contribution in [0.25, 0.3) is 0 Å². The third-order valence-corrected chi connectivity index (χ3v) is 1.58. The Balaban J connectivity index is 2.93. The lowest BCUT2D eigenvalue weighted by Crippen LogP contribution is -1.99. The third kappa shape index (κ3) is 2.05. The zero-order valence-electron chi connectivity index (χ0n) is 6.34. The smallest absolute Gasteiger partial charge is 0.152 e. The lowest BCUT2D eigenvalue weighted by atomic mass is 10.2. The van der Waals surface area contributed by atoms with Crippen molar-refractivity contribution in [3.63, 3.8) is 0 Å². The molecule has 0 saturated carbocycles. The van der Waals surface area contributed by atoms with Crippen molar-refractivity contribution in [2.24, 2.45) is 0 Å². The molecule has 0 radical (unpaired) electrons. The molecule has 0 fully saturated rings. The van der Waals surface area contributed by atoms with Crippen LogP contribution in [-0.4, -0.2) is 10.2 Å². The number of rotatable bonds is 2. The predicted molar refractivity (Wildman–Crippen MR) is 45.4 cm³/mol. The molecule has 1 aromatic rings. The number of halogens is 1. The highest BCUT2D eigenvalue weighted by Gasteiger charge is 2.00. The van der Waals surface area contributed by atoms with E-state index >= 15 is 0 Å². The second-order valence-electron chi connectivity index (χ2n) is 2.33. The minimum Gasteiger partial charge on any atom is -0.382 e. The Kier molecular flexibility index (Phi) is 2.65. The predicted octanol–water partition coefficient (Wildman–Crippen LogP) is 1.66. The second kappa shape index (κ2) is 3.53. The van der Waals surface area contributed by atoms with Crippen LogP contribution in [0.5, 0.6) is 0 Å². The van der Waals surface area contributed by atoms with Crippen molar-refractivity contribution in [3.05, 3.63) is 16.8 Å². The molecule has 0 amide bonds. The first kappa shape index (κ1) is 8.27. The van der Waals surface area contributed by atoms with E-state index in [1.807, 2.05) is 0 Å². The fraction of sp³-hybridized carbons (Fsp3) is 0.429. The van der Waals surface area contributed by atoms with Gasteiger partial charge in [-0.15, -0.1) is 10.2 Å². The summed E-state index contributed by atoms with van der Waals surface area (Å²) >= 11 is 5.62. The van der Waals surface area contributed by atoms with Crippen LogP contribution in [0.3, 0.4) is 0 Å². The zero-order valence-corrected chi connectivity index (χ0v) is 7.10. The average Bonchev–Trinajstić information content (AvgIpc) is 1.98. The monoisotopic (exact) mass is 171 g/mol. The summed E-state index contributed by atoms with van der Waals surface area (Å²) in [5.41, 5.74) is 6.52. The molecular formula is C7H10ClN3. The lowest BCUT2D eigenvalue weighted by Gasteiger charge is -2.00. The maximum Gasteiger partial charge on any atom is 0.152 e. The summed E-state index contributed by atoms with van der Waals surface area (Å²) in [6.45, 7) is 2.08. The Hall–Kier alpha value is -0.830. The maximum atomic E-state index is 5.62. The highest BCUT2D eigenvalue weighted by atomic mass is 35.5. The van der Waals surface area contributed by atoms with Gasteiger partial charge in [0, 0.05) is 0 Å². The number of hydrogen-bond donors (Lipinski definition) is 1. The molecule has 4 heteroatoms. The van der Waals surface area contributed by atoms with Gasteiger partial charge in [-0.2, -0.15) is 0 Å². The van der Waals surface area contributed by atoms with Crippen LogP contribution in [0.4, 0.5) is 5.82 Å². The largest absolute Gasteiger partial charge is 0.382 e. The fourth-order valence-electron chi connectivity index (χ4n) is 0.882. The Morgan fingerprint density at radius 1 is 1.55 bits per heavy atom. The molecular weight excluding hydrogens is 162 g/mol. The fourth-order valence-corrected chi connectivity index (χ4v) is 1.05. The summed E-state index contributed by atoms with van der Waals surface area (Å²) in [5.74, 6) is 0.483. The van der Waals surface area contributed by atoms with Gasteiger partial charge in [-0.05, 0) is 18.1 Å². The number of nitrogens with two attached hydrogens (primary N) is 1. The molecule has 0 aliphatic heterocycles. The molecule has 0 spiro atoms. The van der Waals surface area contributed by atoms with Crippen LogP contribution in [-0.2, 0) is 6.42 Å². The molecule has 0 atom stereocenters. The minimum atomic E-state index is 0.405. The van der Waals surface area contributed by atoms with E-state index in [0.717, 1.165) is 18.4 Å². The number of hydrogen-bond acceptors (Lipinski definition) is 3. The quantitative estimate of drug-likeness (QED) is 0.737. The average molecular weight is 172 g/mol. The molecule has 1 heterocycles. The van der Waals surface area contributed by atoms with Gasteiger partial charge < -0.3 is 5.73 Å². The van der Waals surface area contributed by atoms with E-state index in [2.05, 4.69) is 17.1 Å². The first-order chi connectivity index (χ1) is 5.24. The van der Waals surface area contributed by atoms with Gasteiger partial charge in [-0.25, -0.2) is 0 Å². The molecule has 0 aromatic carbocycles. The number of nitrogen functional groups attached to an aromatic ring is 1. The minimum absolute atomic E-state index is 0.405. The van der Waals surface area contributed by atoms with Crippen LogP contribution in [0, 0.1) is 0 Å². The van der Waals surface area contributed by atoms with Gasteiger partial charge >= 0.3 is 0 Å². The SMILES string of the molecule is CCCc1cc(Cl)nnc1N. The third-order valence-electron chi connectivity index (χ3n) is 1.39. The Labute approximate surface area is 70.6 Å². The normalized spacial score (nSPS) is 10.0. The molecule has 11 heavy (non-hydrogen) atoms. The summed E-state index contributed by atoms with van der Waals surface area (Å²) in [6.07, 6.45) is 1.94. The van der Waals surface area contributed by atoms with Crippen LogP contribution < -0.4 is 5.73 Å². The van der Waals surface area contributed by atoms with E-state index in [1.165, 1.54) is 0 Å². The van der Waals surface area contributed by atoms with Gasteiger partial charge in [-0.3, -0.25) is 0 Å².